The molecule has 0 atom stereocenters. The summed E-state index contributed by atoms with van der Waals surface area (Å²) in [5, 5.41) is 5.16. The van der Waals surface area contributed by atoms with E-state index in [0.29, 0.717) is 18.5 Å². The van der Waals surface area contributed by atoms with Gasteiger partial charge in [0.1, 0.15) is 17.4 Å². The van der Waals surface area contributed by atoms with Gasteiger partial charge in [-0.1, -0.05) is 34.6 Å². The molecule has 0 fully saturated rings. The fraction of sp³-hybridized carbons (Fsp3) is 0.385. The van der Waals surface area contributed by atoms with Crippen LogP contribution in [-0.2, 0) is 4.79 Å². The van der Waals surface area contributed by atoms with Gasteiger partial charge in [0.2, 0.25) is 5.91 Å². The van der Waals surface area contributed by atoms with Crippen molar-refractivity contribution in [1.29, 1.82) is 0 Å². The van der Waals surface area contributed by atoms with E-state index in [1.165, 1.54) is 12.1 Å². The maximum absolute atomic E-state index is 14.7. The second-order valence-electron chi connectivity index (χ2n) is 9.76. The number of carbonyl (C=O) groups is 1. The number of fused-ring (bicyclic) bond motifs is 1. The molecule has 34 heavy (non-hydrogen) atoms. The van der Waals surface area contributed by atoms with Crippen LogP contribution in [0, 0.1) is 28.8 Å². The van der Waals surface area contributed by atoms with Crippen molar-refractivity contribution >= 4 is 28.3 Å². The van der Waals surface area contributed by atoms with E-state index in [4.69, 9.17) is 4.42 Å². The van der Waals surface area contributed by atoms with Crippen molar-refractivity contribution in [3.63, 3.8) is 0 Å². The Labute approximate surface area is 196 Å². The van der Waals surface area contributed by atoms with Gasteiger partial charge in [-0.05, 0) is 37.0 Å². The van der Waals surface area contributed by atoms with Gasteiger partial charge >= 0.3 is 0 Å². The van der Waals surface area contributed by atoms with E-state index in [-0.39, 0.29) is 34.0 Å². The van der Waals surface area contributed by atoms with Crippen molar-refractivity contribution in [2.75, 3.05) is 17.2 Å². The van der Waals surface area contributed by atoms with Gasteiger partial charge in [0.15, 0.2) is 16.8 Å². The maximum Gasteiger partial charge on any atom is 0.229 e. The molecule has 0 aliphatic heterocycles. The molecule has 3 aromatic rings. The quantitative estimate of drug-likeness (QED) is 0.373. The number of hydrogen-bond acceptors (Lipinski definition) is 4. The Kier molecular flexibility index (Phi) is 7.38. The molecule has 0 bridgehead atoms. The first-order chi connectivity index (χ1) is 15.9. The molecule has 182 valence electrons. The molecular formula is C26H29F3N2O3. The molecule has 0 unspecified atom stereocenters. The van der Waals surface area contributed by atoms with Crippen LogP contribution < -0.4 is 16.1 Å². The number of benzene rings is 2. The summed E-state index contributed by atoms with van der Waals surface area (Å²) in [6, 6.07) is 5.59. The Morgan fingerprint density at radius 2 is 1.74 bits per heavy atom. The minimum atomic E-state index is -1.03. The van der Waals surface area contributed by atoms with Crippen LogP contribution in [0.1, 0.15) is 47.5 Å². The Morgan fingerprint density at radius 1 is 1.03 bits per heavy atom. The van der Waals surface area contributed by atoms with E-state index in [2.05, 4.69) is 24.5 Å². The number of hydrogen-bond donors (Lipinski definition) is 2. The molecule has 0 saturated heterocycles. The fourth-order valence-corrected chi connectivity index (χ4v) is 3.39. The number of nitrogens with one attached hydrogen (secondary N) is 2. The standard InChI is InChI=1S/C26H29F3N2O3/c1-14(2)7-6-10-30-23-17(28)12-18(29)24-22(23)20(32)13-21(34-24)15-8-9-19(16(27)11-15)31-25(33)26(3,4)5/h8-9,11-14,30H,6-7,10H2,1-5H3,(H,31,33). The summed E-state index contributed by atoms with van der Waals surface area (Å²) in [6.45, 7) is 9.63. The van der Waals surface area contributed by atoms with Crippen molar-refractivity contribution < 1.29 is 22.4 Å². The number of rotatable bonds is 7. The van der Waals surface area contributed by atoms with Gasteiger partial charge in [-0.3, -0.25) is 9.59 Å². The Bertz CT molecular complexity index is 1280. The van der Waals surface area contributed by atoms with Crippen LogP contribution in [0.25, 0.3) is 22.3 Å². The van der Waals surface area contributed by atoms with Crippen LogP contribution in [0.3, 0.4) is 0 Å². The largest absolute Gasteiger partial charge is 0.453 e. The molecule has 1 heterocycles. The van der Waals surface area contributed by atoms with E-state index < -0.39 is 33.9 Å². The third-order valence-corrected chi connectivity index (χ3v) is 5.35. The third kappa shape index (κ3) is 5.61. The third-order valence-electron chi connectivity index (χ3n) is 5.35. The zero-order chi connectivity index (χ0) is 25.2. The molecule has 0 spiro atoms. The van der Waals surface area contributed by atoms with Gasteiger partial charge in [-0.2, -0.15) is 0 Å². The molecule has 0 saturated carbocycles. The van der Waals surface area contributed by atoms with Crippen molar-refractivity contribution in [1.82, 2.24) is 0 Å². The minimum absolute atomic E-state index is 0.0343. The van der Waals surface area contributed by atoms with Gasteiger partial charge < -0.3 is 15.1 Å². The van der Waals surface area contributed by atoms with Gasteiger partial charge in [-0.25, -0.2) is 13.2 Å². The first-order valence-corrected chi connectivity index (χ1v) is 11.2. The average Bonchev–Trinajstić information content (AvgIpc) is 2.73. The number of anilines is 2. The summed E-state index contributed by atoms with van der Waals surface area (Å²) >= 11 is 0. The van der Waals surface area contributed by atoms with Crippen LogP contribution >= 0.6 is 0 Å². The summed E-state index contributed by atoms with van der Waals surface area (Å²) < 4.78 is 49.3. The highest BCUT2D eigenvalue weighted by atomic mass is 19.1. The van der Waals surface area contributed by atoms with E-state index in [0.717, 1.165) is 25.0 Å². The number of carbonyl (C=O) groups excluding carboxylic acids is 1. The highest BCUT2D eigenvalue weighted by Gasteiger charge is 2.23. The summed E-state index contributed by atoms with van der Waals surface area (Å²) in [4.78, 5) is 25.0. The van der Waals surface area contributed by atoms with Gasteiger partial charge in [-0.15, -0.1) is 0 Å². The van der Waals surface area contributed by atoms with Gasteiger partial charge in [0, 0.05) is 29.7 Å². The summed E-state index contributed by atoms with van der Waals surface area (Å²) in [5.41, 5.74) is -1.78. The molecule has 0 aliphatic rings. The Hall–Kier alpha value is -3.29. The van der Waals surface area contributed by atoms with Crippen molar-refractivity contribution in [3.8, 4) is 11.3 Å². The highest BCUT2D eigenvalue weighted by Crippen LogP contribution is 2.32. The monoisotopic (exact) mass is 474 g/mol. The van der Waals surface area contributed by atoms with Crippen LogP contribution in [0.15, 0.2) is 39.5 Å². The molecule has 1 aromatic heterocycles. The first-order valence-electron chi connectivity index (χ1n) is 11.2. The molecule has 2 N–H and O–H groups in total. The molecule has 8 heteroatoms. The lowest BCUT2D eigenvalue weighted by Crippen LogP contribution is -2.28. The molecule has 0 radical (unpaired) electrons. The van der Waals surface area contributed by atoms with Crippen molar-refractivity contribution in [2.24, 2.45) is 11.3 Å². The van der Waals surface area contributed by atoms with Crippen molar-refractivity contribution in [3.05, 3.63) is 58.0 Å². The SMILES string of the molecule is CC(C)CCCNc1c(F)cc(F)c2oc(-c3ccc(NC(=O)C(C)(C)C)c(F)c3)cc(=O)c12. The average molecular weight is 475 g/mol. The molecule has 1 amide bonds. The fourth-order valence-electron chi connectivity index (χ4n) is 3.39. The molecule has 3 rings (SSSR count). The number of halogens is 3. The van der Waals surface area contributed by atoms with Crippen molar-refractivity contribution in [2.45, 2.75) is 47.5 Å². The smallest absolute Gasteiger partial charge is 0.229 e. The van der Waals surface area contributed by atoms with E-state index in [1.54, 1.807) is 20.8 Å². The Morgan fingerprint density at radius 3 is 2.35 bits per heavy atom. The zero-order valence-corrected chi connectivity index (χ0v) is 19.9. The van der Waals surface area contributed by atoms with E-state index >= 15 is 0 Å². The normalized spacial score (nSPS) is 11.8. The topological polar surface area (TPSA) is 71.3 Å². The summed E-state index contributed by atoms with van der Waals surface area (Å²) in [7, 11) is 0. The predicted octanol–water partition coefficient (Wildman–Crippen LogP) is 6.71. The molecule has 0 aliphatic carbocycles. The summed E-state index contributed by atoms with van der Waals surface area (Å²) in [6.07, 6.45) is 1.65. The van der Waals surface area contributed by atoms with Crippen LogP contribution in [0.4, 0.5) is 24.5 Å². The first kappa shape index (κ1) is 25.3. The van der Waals surface area contributed by atoms with E-state index in [1.807, 2.05) is 0 Å². The summed E-state index contributed by atoms with van der Waals surface area (Å²) in [5.74, 6) is -2.65. The van der Waals surface area contributed by atoms with Gasteiger partial charge in [0.05, 0.1) is 16.8 Å². The highest BCUT2D eigenvalue weighted by molar-refractivity contribution is 5.95. The second-order valence-corrected chi connectivity index (χ2v) is 9.76. The lowest BCUT2D eigenvalue weighted by molar-refractivity contribution is -0.123. The van der Waals surface area contributed by atoms with E-state index in [9.17, 15) is 22.8 Å². The lowest BCUT2D eigenvalue weighted by Gasteiger charge is -2.18. The minimum Gasteiger partial charge on any atom is -0.453 e. The van der Waals surface area contributed by atoms with Crippen LogP contribution in [-0.4, -0.2) is 12.5 Å². The second kappa shape index (κ2) is 9.91. The van der Waals surface area contributed by atoms with Gasteiger partial charge in [0.25, 0.3) is 0 Å². The Balaban J connectivity index is 1.98. The zero-order valence-electron chi connectivity index (χ0n) is 19.9. The maximum atomic E-state index is 14.7. The molecule has 2 aromatic carbocycles. The predicted molar refractivity (Wildman–Crippen MR) is 128 cm³/mol. The molecule has 5 nitrogen and oxygen atoms in total. The van der Waals surface area contributed by atoms with Crippen LogP contribution in [0.5, 0.6) is 0 Å². The number of amides is 1. The molecular weight excluding hydrogens is 445 g/mol. The van der Waals surface area contributed by atoms with Crippen LogP contribution in [0.2, 0.25) is 0 Å². The lowest BCUT2D eigenvalue weighted by atomic mass is 9.95.